The number of fused-ring (bicyclic) bond motifs is 4. The minimum atomic E-state index is -0.860. The van der Waals surface area contributed by atoms with Crippen molar-refractivity contribution in [2.45, 2.75) is 70.8 Å². The van der Waals surface area contributed by atoms with Crippen LogP contribution < -0.4 is 14.5 Å². The minimum Gasteiger partial charge on any atom is -0.509 e. The average molecular weight is 1210 g/mol. The summed E-state index contributed by atoms with van der Waals surface area (Å²) in [5.41, 5.74) is 14.1. The van der Waals surface area contributed by atoms with Crippen molar-refractivity contribution in [3.63, 3.8) is 0 Å². The molecule has 0 spiro atoms. The fourth-order valence-electron chi connectivity index (χ4n) is 15.5. The topological polar surface area (TPSA) is 33.5 Å². The van der Waals surface area contributed by atoms with Gasteiger partial charge in [0.2, 0.25) is 0 Å². The summed E-state index contributed by atoms with van der Waals surface area (Å²) < 4.78 is 51.1. The van der Waals surface area contributed by atoms with Crippen molar-refractivity contribution >= 4 is 38.9 Å². The number of hydrogen-bond donors (Lipinski definition) is 0. The van der Waals surface area contributed by atoms with Gasteiger partial charge in [0.25, 0.3) is 0 Å². The van der Waals surface area contributed by atoms with Gasteiger partial charge in [-0.05, 0) is 103 Å². The first-order chi connectivity index (χ1) is 40.0. The molecule has 0 saturated carbocycles. The molecular weight excluding hydrogens is 1140 g/mol. The molecule has 0 radical (unpaired) electrons. The van der Waals surface area contributed by atoms with E-state index in [1.165, 1.54) is 44.5 Å². The predicted octanol–water partition coefficient (Wildman–Crippen LogP) is 17.7. The third-order valence-electron chi connectivity index (χ3n) is 18.0. The zero-order valence-electron chi connectivity index (χ0n) is 50.1. The number of anilines is 3. The monoisotopic (exact) mass is 1210 g/mol. The van der Waals surface area contributed by atoms with Crippen LogP contribution in [-0.2, 0) is 37.4 Å². The molecule has 4 bridgehead atoms. The van der Waals surface area contributed by atoms with Gasteiger partial charge in [-0.1, -0.05) is 205 Å². The van der Waals surface area contributed by atoms with Gasteiger partial charge in [-0.2, -0.15) is 18.8 Å². The Labute approximate surface area is 485 Å². The van der Waals surface area contributed by atoms with Gasteiger partial charge in [0.1, 0.15) is 5.82 Å². The molecule has 6 aliphatic carbocycles. The van der Waals surface area contributed by atoms with E-state index >= 15 is 0 Å². The quantitative estimate of drug-likeness (QED) is 0.155. The van der Waals surface area contributed by atoms with Crippen molar-refractivity contribution in [3.05, 3.63) is 287 Å². The molecular formula is C73H59N4OPt-3. The van der Waals surface area contributed by atoms with E-state index < -0.39 is 27.8 Å². The molecule has 390 valence electrons. The molecule has 0 amide bonds. The van der Waals surface area contributed by atoms with E-state index in [0.717, 1.165) is 38.9 Å². The molecule has 0 unspecified atom stereocenters. The smallest absolute Gasteiger partial charge is 0.135 e. The zero-order chi connectivity index (χ0) is 57.3. The summed E-state index contributed by atoms with van der Waals surface area (Å²) >= 11 is 0. The van der Waals surface area contributed by atoms with Crippen molar-refractivity contribution < 1.29 is 32.7 Å². The van der Waals surface area contributed by atoms with E-state index in [-0.39, 0.29) is 62.1 Å². The first kappa shape index (κ1) is 43.9. The second-order valence-electron chi connectivity index (χ2n) is 23.6. The third kappa shape index (κ3) is 6.40. The number of rotatable bonds is 6. The van der Waals surface area contributed by atoms with Gasteiger partial charge in [0.05, 0.1) is 17.8 Å². The molecule has 1 aliphatic heterocycles. The first-order valence-electron chi connectivity index (χ1n) is 29.6. The van der Waals surface area contributed by atoms with E-state index in [1.807, 2.05) is 54.0 Å². The van der Waals surface area contributed by atoms with Gasteiger partial charge < -0.3 is 19.1 Å². The van der Waals surface area contributed by atoms with Crippen LogP contribution in [0.1, 0.15) is 104 Å². The summed E-state index contributed by atoms with van der Waals surface area (Å²) in [5.74, 6) is 1.58. The Morgan fingerprint density at radius 1 is 0.582 bits per heavy atom. The summed E-state index contributed by atoms with van der Waals surface area (Å²) in [7, 11) is 0. The van der Waals surface area contributed by atoms with Crippen LogP contribution in [0.3, 0.4) is 0 Å². The Morgan fingerprint density at radius 3 is 1.81 bits per heavy atom. The van der Waals surface area contributed by atoms with Gasteiger partial charge in [0, 0.05) is 72.5 Å². The van der Waals surface area contributed by atoms with Crippen LogP contribution >= 0.6 is 0 Å². The van der Waals surface area contributed by atoms with Gasteiger partial charge in [0.15, 0.2) is 0 Å². The summed E-state index contributed by atoms with van der Waals surface area (Å²) in [5, 5.41) is 1.96. The van der Waals surface area contributed by atoms with Crippen LogP contribution in [0.4, 0.5) is 17.1 Å². The summed E-state index contributed by atoms with van der Waals surface area (Å²) in [6.07, 6.45) is 1.60. The molecule has 9 aromatic carbocycles. The molecule has 79 heavy (non-hydrogen) atoms. The Balaban J connectivity index is 0.00000627. The van der Waals surface area contributed by atoms with Crippen molar-refractivity contribution in [1.82, 2.24) is 9.55 Å². The van der Waals surface area contributed by atoms with E-state index in [4.69, 9.17) is 16.6 Å². The van der Waals surface area contributed by atoms with Crippen LogP contribution in [0, 0.1) is 36.6 Å². The molecule has 7 aliphatic rings. The molecule has 5 nitrogen and oxygen atoms in total. The summed E-state index contributed by atoms with van der Waals surface area (Å²) in [6.45, 7) is 19.0. The van der Waals surface area contributed by atoms with Gasteiger partial charge in [-0.15, -0.1) is 41.4 Å². The fraction of sp³-hybridized carbons (Fsp3) is 0.178. The van der Waals surface area contributed by atoms with Gasteiger partial charge in [-0.25, -0.2) is 4.98 Å². The number of aromatic nitrogens is 2. The van der Waals surface area contributed by atoms with Gasteiger partial charge >= 0.3 is 0 Å². The van der Waals surface area contributed by atoms with Crippen LogP contribution in [0.25, 0.3) is 38.8 Å². The minimum absolute atomic E-state index is 0. The molecule has 0 fully saturated rings. The number of benzene rings is 9. The van der Waals surface area contributed by atoms with E-state index in [0.29, 0.717) is 28.4 Å². The van der Waals surface area contributed by atoms with Crippen LogP contribution in [0.5, 0.6) is 11.5 Å². The molecule has 18 rings (SSSR count). The molecule has 0 saturated heterocycles. The van der Waals surface area contributed by atoms with Crippen molar-refractivity contribution in [1.29, 1.82) is 0 Å². The molecule has 2 aromatic heterocycles. The first-order valence-corrected chi connectivity index (χ1v) is 27.1. The maximum atomic E-state index is 8.69. The number of nitrogens with zero attached hydrogens (tertiary/aromatic N) is 4. The van der Waals surface area contributed by atoms with Crippen molar-refractivity contribution in [2.24, 2.45) is 10.8 Å². The predicted molar refractivity (Wildman–Crippen MR) is 317 cm³/mol. The fourth-order valence-corrected chi connectivity index (χ4v) is 15.5. The van der Waals surface area contributed by atoms with Crippen LogP contribution in [0.15, 0.2) is 218 Å². The summed E-state index contributed by atoms with van der Waals surface area (Å²) in [6, 6.07) is 72.2. The summed E-state index contributed by atoms with van der Waals surface area (Å²) in [4.78, 5) is 9.84. The second kappa shape index (κ2) is 17.5. The molecule has 11 aromatic rings. The number of aryl methyl sites for hydroxylation is 1. The second-order valence-corrected chi connectivity index (χ2v) is 23.6. The number of pyridine rings is 1. The number of hydrogen-bond acceptors (Lipinski definition) is 4. The molecule has 3 heterocycles. The van der Waals surface area contributed by atoms with Gasteiger partial charge in [-0.3, -0.25) is 0 Å². The Morgan fingerprint density at radius 2 is 1.16 bits per heavy atom. The molecule has 6 heteroatoms. The largest absolute Gasteiger partial charge is 0.509 e. The third-order valence-corrected chi connectivity index (χ3v) is 18.0. The standard InChI is InChI=1S/C73H59N4O.Pt/c1-47-42-67(74-45-56(47)48-24-9-8-10-25-48)77-63-37-20-13-28-52(63)53-41-40-51(44-66(53)77)78-50-27-23-26-49(43-50)75-46-76(65-39-22-21-38-64(65)75)73-57-31-14-11-29-54(57)68(55-30-12-15-32-58(55)73)71(69(2,3)4)59-33-16-18-35-61(59)72(73,70(5,6)7)62-36-19-17-34-60(62)71;/h8-42,45-46,68H,1-7H3;/q-3;/i8D,9D,10D,24D,25D;. The Bertz CT molecular complexity index is 4450. The Hall–Kier alpha value is -7.98. The number of para-hydroxylation sites is 3. The van der Waals surface area contributed by atoms with E-state index in [9.17, 15) is 0 Å². The normalized spacial score (nSPS) is 21.3. The Kier molecular flexibility index (Phi) is 9.74. The molecule has 0 N–H and O–H groups in total. The van der Waals surface area contributed by atoms with Crippen molar-refractivity contribution in [3.8, 4) is 28.4 Å². The van der Waals surface area contributed by atoms with E-state index in [1.54, 1.807) is 6.20 Å². The maximum Gasteiger partial charge on any atom is 0.135 e. The van der Waals surface area contributed by atoms with Crippen molar-refractivity contribution in [2.75, 3.05) is 9.80 Å². The number of ether oxygens (including phenoxy) is 1. The van der Waals surface area contributed by atoms with E-state index in [2.05, 4.69) is 210 Å². The van der Waals surface area contributed by atoms with Crippen LogP contribution in [0.2, 0.25) is 0 Å². The average Bonchev–Trinajstić information content (AvgIpc) is 0.750. The zero-order valence-corrected chi connectivity index (χ0v) is 47.3. The van der Waals surface area contributed by atoms with Crippen LogP contribution in [-0.4, -0.2) is 9.55 Å². The molecule has 0 atom stereocenters. The maximum absolute atomic E-state index is 8.69. The SMILES string of the molecule is [2H]c1c([2H])c([2H])c(-c2cnc(-n3c4[c-]c(Oc5[c-]c(N6[CH-]N(C78c9ccccc9C(c9ccccc97)C7(C(C)(C)C)c9ccccc9C8(C(C)(C)C)c8ccccc87)c7ccccc76)ccc5)ccc4c4ccccc43)cc2C)c([2H])c1[2H].[Pt].